The minimum absolute atomic E-state index is 0.403. The van der Waals surface area contributed by atoms with Crippen molar-refractivity contribution < 1.29 is 0 Å². The molecular formula is C31H50. The Morgan fingerprint density at radius 2 is 1.77 bits per heavy atom. The van der Waals surface area contributed by atoms with E-state index in [1.165, 1.54) is 56.9 Å². The van der Waals surface area contributed by atoms with Gasteiger partial charge in [-0.1, -0.05) is 79.7 Å². The van der Waals surface area contributed by atoms with Gasteiger partial charge < -0.3 is 0 Å². The predicted molar refractivity (Wildman–Crippen MR) is 136 cm³/mol. The molecule has 0 aromatic rings. The molecule has 4 rings (SSSR count). The lowest BCUT2D eigenvalue weighted by atomic mass is 9.45. The van der Waals surface area contributed by atoms with Crippen molar-refractivity contribution >= 4 is 0 Å². The fourth-order valence-electron chi connectivity index (χ4n) is 8.71. The minimum atomic E-state index is 0.403. The van der Waals surface area contributed by atoms with Crippen LogP contribution in [0.2, 0.25) is 0 Å². The second-order valence-corrected chi connectivity index (χ2v) is 13.5. The van der Waals surface area contributed by atoms with Crippen molar-refractivity contribution in [2.24, 2.45) is 51.8 Å². The number of hydrogen-bond donors (Lipinski definition) is 0. The van der Waals surface area contributed by atoms with Crippen LogP contribution in [-0.2, 0) is 0 Å². The maximum Gasteiger partial charge on any atom is -0.00392 e. The molecule has 4 aliphatic carbocycles. The van der Waals surface area contributed by atoms with Crippen molar-refractivity contribution in [2.45, 2.75) is 107 Å². The van der Waals surface area contributed by atoms with E-state index in [2.05, 4.69) is 74.1 Å². The lowest BCUT2D eigenvalue weighted by Gasteiger charge is -2.59. The van der Waals surface area contributed by atoms with E-state index in [9.17, 15) is 0 Å². The van der Waals surface area contributed by atoms with E-state index in [0.29, 0.717) is 22.2 Å². The molecule has 7 atom stereocenters. The first-order valence-corrected chi connectivity index (χ1v) is 13.5. The van der Waals surface area contributed by atoms with Gasteiger partial charge in [-0.25, -0.2) is 0 Å². The highest BCUT2D eigenvalue weighted by atomic mass is 14.6. The van der Waals surface area contributed by atoms with E-state index in [1.54, 1.807) is 11.1 Å². The summed E-state index contributed by atoms with van der Waals surface area (Å²) in [4.78, 5) is 0. The van der Waals surface area contributed by atoms with Crippen molar-refractivity contribution in [1.29, 1.82) is 0 Å². The second kappa shape index (κ2) is 7.92. The lowest BCUT2D eigenvalue weighted by Crippen LogP contribution is -2.50. The summed E-state index contributed by atoms with van der Waals surface area (Å²) in [6.45, 7) is 24.4. The molecule has 0 radical (unpaired) electrons. The summed E-state index contributed by atoms with van der Waals surface area (Å²) in [5, 5.41) is 0. The van der Waals surface area contributed by atoms with Crippen LogP contribution in [0, 0.1) is 51.8 Å². The molecular weight excluding hydrogens is 372 g/mol. The van der Waals surface area contributed by atoms with Crippen LogP contribution in [0.25, 0.3) is 0 Å². The van der Waals surface area contributed by atoms with Gasteiger partial charge in [-0.15, -0.1) is 0 Å². The largest absolute Gasteiger partial charge is 0.0996 e. The van der Waals surface area contributed by atoms with Crippen LogP contribution >= 0.6 is 0 Å². The number of allylic oxidation sites excluding steroid dienone is 5. The van der Waals surface area contributed by atoms with Crippen molar-refractivity contribution in [3.05, 3.63) is 35.5 Å². The van der Waals surface area contributed by atoms with E-state index >= 15 is 0 Å². The molecule has 0 heteroatoms. The molecule has 0 bridgehead atoms. The molecule has 174 valence electrons. The van der Waals surface area contributed by atoms with Crippen LogP contribution in [0.4, 0.5) is 0 Å². The van der Waals surface area contributed by atoms with Crippen LogP contribution in [-0.4, -0.2) is 0 Å². The molecule has 0 heterocycles. The summed E-state index contributed by atoms with van der Waals surface area (Å²) < 4.78 is 0. The third-order valence-corrected chi connectivity index (χ3v) is 11.5. The van der Waals surface area contributed by atoms with E-state index in [4.69, 9.17) is 0 Å². The third kappa shape index (κ3) is 3.54. The standard InChI is InChI=1S/C31H50/c1-20(2)21(3)10-11-22(4)25-13-14-26-24-12-15-28-29(6,7)23(5)16-18-31(28,9)27(24)17-19-30(25,26)8/h12,17,20,22-23,25-26,28H,3,10-11,13-16,18-19H2,1-2,4-9H3. The molecule has 31 heavy (non-hydrogen) atoms. The first-order valence-electron chi connectivity index (χ1n) is 13.5. The molecule has 0 nitrogen and oxygen atoms in total. The summed E-state index contributed by atoms with van der Waals surface area (Å²) in [6.07, 6.45) is 16.3. The van der Waals surface area contributed by atoms with Gasteiger partial charge in [0.15, 0.2) is 0 Å². The van der Waals surface area contributed by atoms with Crippen LogP contribution in [0.5, 0.6) is 0 Å². The first-order chi connectivity index (χ1) is 14.4. The van der Waals surface area contributed by atoms with Crippen molar-refractivity contribution in [3.8, 4) is 0 Å². The highest BCUT2D eigenvalue weighted by Crippen LogP contribution is 2.67. The number of fused-ring (bicyclic) bond motifs is 5. The summed E-state index contributed by atoms with van der Waals surface area (Å²) in [7, 11) is 0. The Bertz CT molecular complexity index is 776. The van der Waals surface area contributed by atoms with Gasteiger partial charge in [0.05, 0.1) is 0 Å². The fourth-order valence-corrected chi connectivity index (χ4v) is 8.71. The molecule has 7 unspecified atom stereocenters. The Hall–Kier alpha value is -0.780. The molecule has 0 aromatic heterocycles. The molecule has 2 fully saturated rings. The molecule has 0 aromatic carbocycles. The van der Waals surface area contributed by atoms with Crippen molar-refractivity contribution in [2.75, 3.05) is 0 Å². The zero-order chi connectivity index (χ0) is 22.8. The van der Waals surface area contributed by atoms with Gasteiger partial charge in [0, 0.05) is 0 Å². The van der Waals surface area contributed by atoms with Crippen molar-refractivity contribution in [3.63, 3.8) is 0 Å². The third-order valence-electron chi connectivity index (χ3n) is 11.5. The summed E-state index contributed by atoms with van der Waals surface area (Å²) >= 11 is 0. The quantitative estimate of drug-likeness (QED) is 0.387. The van der Waals surface area contributed by atoms with E-state index in [-0.39, 0.29) is 0 Å². The summed E-state index contributed by atoms with van der Waals surface area (Å²) in [5.74, 6) is 4.75. The second-order valence-electron chi connectivity index (χ2n) is 13.5. The zero-order valence-electron chi connectivity index (χ0n) is 22.0. The van der Waals surface area contributed by atoms with Gasteiger partial charge in [0.2, 0.25) is 0 Å². The Morgan fingerprint density at radius 1 is 1.06 bits per heavy atom. The average Bonchev–Trinajstić information content (AvgIpc) is 3.06. The maximum absolute atomic E-state index is 4.35. The molecule has 0 N–H and O–H groups in total. The van der Waals surface area contributed by atoms with Crippen LogP contribution < -0.4 is 0 Å². The molecule has 0 amide bonds. The van der Waals surface area contributed by atoms with Gasteiger partial charge in [0.1, 0.15) is 0 Å². The van der Waals surface area contributed by atoms with Gasteiger partial charge >= 0.3 is 0 Å². The Balaban J connectivity index is 1.58. The average molecular weight is 423 g/mol. The Labute approximate surface area is 194 Å². The SMILES string of the molecule is C=C(CCC(C)C1CCC2C3=CCC4C(C)(CCC(C)C4(C)C)C3=CCC21C)C(C)C. The van der Waals surface area contributed by atoms with E-state index in [1.807, 2.05) is 0 Å². The molecule has 2 saturated carbocycles. The molecule has 4 aliphatic rings. The molecule has 0 saturated heterocycles. The van der Waals surface area contributed by atoms with Crippen LogP contribution in [0.3, 0.4) is 0 Å². The highest BCUT2D eigenvalue weighted by Gasteiger charge is 2.58. The van der Waals surface area contributed by atoms with E-state index in [0.717, 1.165) is 29.6 Å². The lowest BCUT2D eigenvalue weighted by molar-refractivity contribution is -0.0228. The maximum atomic E-state index is 4.35. The topological polar surface area (TPSA) is 0 Å². The van der Waals surface area contributed by atoms with Gasteiger partial charge in [0.25, 0.3) is 0 Å². The Morgan fingerprint density at radius 3 is 2.45 bits per heavy atom. The predicted octanol–water partition coefficient (Wildman–Crippen LogP) is 9.39. The van der Waals surface area contributed by atoms with Crippen LogP contribution in [0.1, 0.15) is 107 Å². The number of rotatable bonds is 5. The first kappa shape index (κ1) is 23.4. The molecule has 0 aliphatic heterocycles. The van der Waals surface area contributed by atoms with Crippen molar-refractivity contribution in [1.82, 2.24) is 0 Å². The smallest absolute Gasteiger partial charge is 0.00392 e. The van der Waals surface area contributed by atoms with E-state index < -0.39 is 0 Å². The van der Waals surface area contributed by atoms with Gasteiger partial charge in [-0.2, -0.15) is 0 Å². The normalized spacial score (nSPS) is 42.2. The minimum Gasteiger partial charge on any atom is -0.0996 e. The Kier molecular flexibility index (Phi) is 5.97. The summed E-state index contributed by atoms with van der Waals surface area (Å²) in [6, 6.07) is 0. The molecule has 0 spiro atoms. The number of hydrogen-bond acceptors (Lipinski definition) is 0. The highest BCUT2D eigenvalue weighted by molar-refractivity contribution is 5.47. The van der Waals surface area contributed by atoms with Gasteiger partial charge in [-0.05, 0) is 114 Å². The monoisotopic (exact) mass is 422 g/mol. The van der Waals surface area contributed by atoms with Crippen LogP contribution in [0.15, 0.2) is 35.5 Å². The van der Waals surface area contributed by atoms with Gasteiger partial charge in [-0.3, -0.25) is 0 Å². The zero-order valence-corrected chi connectivity index (χ0v) is 22.0. The summed E-state index contributed by atoms with van der Waals surface area (Å²) in [5.41, 5.74) is 6.34. The fraction of sp³-hybridized carbons (Fsp3) is 0.806.